The van der Waals surface area contributed by atoms with Gasteiger partial charge < -0.3 is 29.7 Å². The van der Waals surface area contributed by atoms with Crippen LogP contribution < -0.4 is 15.3 Å². The van der Waals surface area contributed by atoms with Gasteiger partial charge in [0.25, 0.3) is 0 Å². The molecule has 0 fully saturated rings. The summed E-state index contributed by atoms with van der Waals surface area (Å²) in [5, 5.41) is 31.2. The van der Waals surface area contributed by atoms with Gasteiger partial charge in [0.05, 0.1) is 17.9 Å². The maximum absolute atomic E-state index is 10.4. The highest BCUT2D eigenvalue weighted by Gasteiger charge is 2.03. The van der Waals surface area contributed by atoms with Crippen molar-refractivity contribution in [3.8, 4) is 0 Å². The van der Waals surface area contributed by atoms with Crippen LogP contribution in [0.3, 0.4) is 0 Å². The van der Waals surface area contributed by atoms with Crippen LogP contribution >= 0.6 is 0 Å². The topological polar surface area (TPSA) is 120 Å². The van der Waals surface area contributed by atoms with E-state index in [1.54, 1.807) is 0 Å². The fourth-order valence-electron chi connectivity index (χ4n) is 0.981. The number of hydrogen-bond donors (Lipinski definition) is 0. The minimum absolute atomic E-state index is 0.559. The minimum atomic E-state index is -1.68. The molecular weight excluding hydrogens is 228 g/mol. The summed E-state index contributed by atoms with van der Waals surface area (Å²) in [5.41, 5.74) is -1.68. The molecule has 6 heteroatoms. The first kappa shape index (κ1) is 14.6. The van der Waals surface area contributed by atoms with E-state index in [1.165, 1.54) is 0 Å². The summed E-state index contributed by atoms with van der Waals surface area (Å²) in [7, 11) is 0. The molecule has 0 saturated carbocycles. The van der Waals surface area contributed by atoms with Crippen LogP contribution in [0.4, 0.5) is 0 Å². The number of carboxylic acid groups (broad SMARTS) is 3. The van der Waals surface area contributed by atoms with Crippen LogP contribution in [0.15, 0.2) is 18.2 Å². The standard InChI is InChI=1S/C9H6O6.C2H6/c10-7(11)4-1-5(8(12)13)3-6(2-4)9(14)15;1-2/h1-3H,(H,10,11)(H,12,13)(H,14,15);1-2H3/p-3. The second-order valence-corrected chi connectivity index (χ2v) is 2.66. The van der Waals surface area contributed by atoms with Crippen LogP contribution in [0, 0.1) is 0 Å². The summed E-state index contributed by atoms with van der Waals surface area (Å²) < 4.78 is 0. The summed E-state index contributed by atoms with van der Waals surface area (Å²) in [6.45, 7) is 4.00. The third-order valence-electron chi connectivity index (χ3n) is 1.64. The first-order chi connectivity index (χ1) is 7.91. The van der Waals surface area contributed by atoms with E-state index in [0.717, 1.165) is 18.2 Å². The third kappa shape index (κ3) is 3.94. The van der Waals surface area contributed by atoms with Gasteiger partial charge in [-0.3, -0.25) is 0 Å². The highest BCUT2D eigenvalue weighted by molar-refractivity contribution is 5.97. The molecule has 0 aliphatic heterocycles. The van der Waals surface area contributed by atoms with Gasteiger partial charge in [0.15, 0.2) is 0 Å². The van der Waals surface area contributed by atoms with Crippen molar-refractivity contribution in [3.05, 3.63) is 34.9 Å². The normalized spacial score (nSPS) is 8.82. The second-order valence-electron chi connectivity index (χ2n) is 2.66. The molecule has 0 spiro atoms. The van der Waals surface area contributed by atoms with Gasteiger partial charge in [-0.25, -0.2) is 0 Å². The molecule has 1 aromatic carbocycles. The maximum Gasteiger partial charge on any atom is 0.0715 e. The van der Waals surface area contributed by atoms with Crippen LogP contribution in [0.25, 0.3) is 0 Å². The SMILES string of the molecule is CC.O=C([O-])c1cc(C(=O)[O-])cc(C(=O)[O-])c1. The molecule has 0 N–H and O–H groups in total. The molecule has 0 amide bonds. The zero-order chi connectivity index (χ0) is 13.6. The van der Waals surface area contributed by atoms with Gasteiger partial charge in [-0.2, -0.15) is 0 Å². The molecule has 0 aromatic heterocycles. The predicted molar refractivity (Wildman–Crippen MR) is 50.8 cm³/mol. The van der Waals surface area contributed by atoms with Crippen LogP contribution in [-0.4, -0.2) is 17.9 Å². The maximum atomic E-state index is 10.4. The van der Waals surface area contributed by atoms with E-state index >= 15 is 0 Å². The molecule has 1 rings (SSSR count). The second kappa shape index (κ2) is 6.26. The first-order valence-corrected chi connectivity index (χ1v) is 4.71. The summed E-state index contributed by atoms with van der Waals surface area (Å²) in [6.07, 6.45) is 0. The van der Waals surface area contributed by atoms with Gasteiger partial charge in [0, 0.05) is 0 Å². The molecule has 6 nitrogen and oxygen atoms in total. The lowest BCUT2D eigenvalue weighted by Gasteiger charge is -2.11. The Kier molecular flexibility index (Phi) is 5.39. The number of carboxylic acids is 3. The van der Waals surface area contributed by atoms with Crippen molar-refractivity contribution in [1.29, 1.82) is 0 Å². The quantitative estimate of drug-likeness (QED) is 0.588. The van der Waals surface area contributed by atoms with E-state index in [9.17, 15) is 29.7 Å². The summed E-state index contributed by atoms with van der Waals surface area (Å²) in [5.74, 6) is -5.04. The lowest BCUT2D eigenvalue weighted by molar-refractivity contribution is -0.255. The monoisotopic (exact) mass is 237 g/mol. The molecule has 0 unspecified atom stereocenters. The highest BCUT2D eigenvalue weighted by atomic mass is 16.4. The largest absolute Gasteiger partial charge is 0.545 e. The van der Waals surface area contributed by atoms with Gasteiger partial charge in [0.2, 0.25) is 0 Å². The molecule has 0 atom stereocenters. The fourth-order valence-corrected chi connectivity index (χ4v) is 0.981. The average Bonchev–Trinajstić information content (AvgIpc) is 2.30. The van der Waals surface area contributed by atoms with Crippen molar-refractivity contribution in [2.45, 2.75) is 13.8 Å². The van der Waals surface area contributed by atoms with E-state index in [4.69, 9.17) is 0 Å². The number of carbonyl (C=O) groups is 3. The number of hydrogen-bond acceptors (Lipinski definition) is 6. The predicted octanol–water partition coefficient (Wildman–Crippen LogP) is -2.20. The molecular formula is C11H9O6-3. The highest BCUT2D eigenvalue weighted by Crippen LogP contribution is 2.09. The zero-order valence-electron chi connectivity index (χ0n) is 9.18. The number of aromatic carboxylic acids is 3. The first-order valence-electron chi connectivity index (χ1n) is 4.71. The van der Waals surface area contributed by atoms with Crippen molar-refractivity contribution < 1.29 is 29.7 Å². The molecule has 92 valence electrons. The molecule has 0 bridgehead atoms. The smallest absolute Gasteiger partial charge is 0.0715 e. The molecule has 0 radical (unpaired) electrons. The molecule has 0 aliphatic rings. The van der Waals surface area contributed by atoms with Crippen molar-refractivity contribution in [2.75, 3.05) is 0 Å². The van der Waals surface area contributed by atoms with E-state index in [0.29, 0.717) is 0 Å². The summed E-state index contributed by atoms with van der Waals surface area (Å²) >= 11 is 0. The lowest BCUT2D eigenvalue weighted by atomic mass is 10.1. The van der Waals surface area contributed by atoms with Crippen molar-refractivity contribution in [2.24, 2.45) is 0 Å². The zero-order valence-corrected chi connectivity index (χ0v) is 9.18. The number of carbonyl (C=O) groups excluding carboxylic acids is 3. The van der Waals surface area contributed by atoms with Gasteiger partial charge in [-0.05, 0) is 34.9 Å². The Hall–Kier alpha value is -2.37. The van der Waals surface area contributed by atoms with Gasteiger partial charge in [-0.15, -0.1) is 0 Å². The van der Waals surface area contributed by atoms with E-state index in [1.807, 2.05) is 13.8 Å². The number of rotatable bonds is 3. The van der Waals surface area contributed by atoms with E-state index in [2.05, 4.69) is 0 Å². The molecule has 0 aliphatic carbocycles. The minimum Gasteiger partial charge on any atom is -0.545 e. The molecule has 0 saturated heterocycles. The lowest BCUT2D eigenvalue weighted by Crippen LogP contribution is -2.28. The molecule has 1 aromatic rings. The van der Waals surface area contributed by atoms with Crippen LogP contribution in [0.1, 0.15) is 44.9 Å². The van der Waals surface area contributed by atoms with Crippen molar-refractivity contribution in [3.63, 3.8) is 0 Å². The Morgan fingerprint density at radius 3 is 1.00 bits per heavy atom. The third-order valence-corrected chi connectivity index (χ3v) is 1.64. The van der Waals surface area contributed by atoms with Gasteiger partial charge >= 0.3 is 0 Å². The van der Waals surface area contributed by atoms with Gasteiger partial charge in [0.1, 0.15) is 0 Å². The van der Waals surface area contributed by atoms with Gasteiger partial charge in [-0.1, -0.05) is 13.8 Å². The van der Waals surface area contributed by atoms with Crippen LogP contribution in [0.5, 0.6) is 0 Å². The van der Waals surface area contributed by atoms with Crippen LogP contribution in [-0.2, 0) is 0 Å². The Labute approximate surface area is 97.1 Å². The molecule has 17 heavy (non-hydrogen) atoms. The van der Waals surface area contributed by atoms with E-state index in [-0.39, 0.29) is 0 Å². The fraction of sp³-hybridized carbons (Fsp3) is 0.182. The summed E-state index contributed by atoms with van der Waals surface area (Å²) in [4.78, 5) is 31.2. The Bertz CT molecular complexity index is 370. The van der Waals surface area contributed by atoms with Crippen molar-refractivity contribution >= 4 is 17.9 Å². The Morgan fingerprint density at radius 1 is 0.706 bits per heavy atom. The summed E-state index contributed by atoms with van der Waals surface area (Å²) in [6, 6.07) is 2.24. The Balaban J connectivity index is 0.00000121. The van der Waals surface area contributed by atoms with Crippen LogP contribution in [0.2, 0.25) is 0 Å². The molecule has 0 heterocycles. The Morgan fingerprint density at radius 2 is 0.882 bits per heavy atom. The van der Waals surface area contributed by atoms with Crippen molar-refractivity contribution in [1.82, 2.24) is 0 Å². The number of benzene rings is 1. The van der Waals surface area contributed by atoms with E-state index < -0.39 is 34.6 Å². The average molecular weight is 237 g/mol.